The molecule has 92 valence electrons. The van der Waals surface area contributed by atoms with Gasteiger partial charge in [0, 0.05) is 12.3 Å². The van der Waals surface area contributed by atoms with E-state index < -0.39 is 0 Å². The van der Waals surface area contributed by atoms with Crippen molar-refractivity contribution in [1.82, 2.24) is 0 Å². The van der Waals surface area contributed by atoms with E-state index in [-0.39, 0.29) is 12.4 Å². The fraction of sp³-hybridized carbons (Fsp3) is 0.188. The molecular weight excluding hydrogens is 242 g/mol. The first-order valence-corrected chi connectivity index (χ1v) is 6.04. The molecule has 0 saturated heterocycles. The second-order valence-electron chi connectivity index (χ2n) is 4.46. The number of hydrogen-bond acceptors (Lipinski definition) is 1. The van der Waals surface area contributed by atoms with Gasteiger partial charge in [-0.15, -0.1) is 12.4 Å². The predicted octanol–water partition coefficient (Wildman–Crippen LogP) is 4.14. The lowest BCUT2D eigenvalue weighted by atomic mass is 9.94. The molecule has 2 aromatic carbocycles. The topological polar surface area (TPSA) is 12.4 Å². The van der Waals surface area contributed by atoms with Crippen molar-refractivity contribution < 1.29 is 0 Å². The van der Waals surface area contributed by atoms with Crippen LogP contribution >= 0.6 is 12.4 Å². The number of hydrogen-bond donors (Lipinski definition) is 0. The number of nitrogens with zero attached hydrogens (tertiary/aromatic N) is 1. The van der Waals surface area contributed by atoms with Crippen molar-refractivity contribution in [1.29, 1.82) is 0 Å². The minimum atomic E-state index is 0. The summed E-state index contributed by atoms with van der Waals surface area (Å²) in [6.07, 6.45) is 1.06. The summed E-state index contributed by atoms with van der Waals surface area (Å²) in [6, 6.07) is 17.2. The van der Waals surface area contributed by atoms with Gasteiger partial charge in [0.25, 0.3) is 0 Å². The van der Waals surface area contributed by atoms with Crippen molar-refractivity contribution >= 4 is 18.1 Å². The van der Waals surface area contributed by atoms with E-state index >= 15 is 0 Å². The quantitative estimate of drug-likeness (QED) is 0.728. The van der Waals surface area contributed by atoms with E-state index in [1.165, 1.54) is 28.0 Å². The van der Waals surface area contributed by atoms with Crippen LogP contribution < -0.4 is 0 Å². The lowest BCUT2D eigenvalue weighted by molar-refractivity contribution is 0.942. The summed E-state index contributed by atoms with van der Waals surface area (Å²) < 4.78 is 0. The molecule has 0 N–H and O–H groups in total. The van der Waals surface area contributed by atoms with E-state index in [1.54, 1.807) is 0 Å². The Morgan fingerprint density at radius 3 is 2.50 bits per heavy atom. The first-order valence-electron chi connectivity index (χ1n) is 6.04. The van der Waals surface area contributed by atoms with Crippen LogP contribution in [0.4, 0.5) is 0 Å². The Balaban J connectivity index is 0.00000120. The summed E-state index contributed by atoms with van der Waals surface area (Å²) in [6.45, 7) is 3.03. The standard InChI is InChI=1S/C16H15N.ClH/c1-12-16-8-7-14(11-15(16)9-10-17-12)13-5-3-2-4-6-13;/h2-8,11H,9-10H2,1H3;1H. The third-order valence-electron chi connectivity index (χ3n) is 3.33. The second-order valence-corrected chi connectivity index (χ2v) is 4.46. The molecule has 0 saturated carbocycles. The summed E-state index contributed by atoms with van der Waals surface area (Å²) in [4.78, 5) is 4.49. The largest absolute Gasteiger partial charge is 0.289 e. The zero-order valence-corrected chi connectivity index (χ0v) is 11.2. The van der Waals surface area contributed by atoms with E-state index in [0.717, 1.165) is 13.0 Å². The van der Waals surface area contributed by atoms with Crippen molar-refractivity contribution in [2.75, 3.05) is 6.54 Å². The van der Waals surface area contributed by atoms with Gasteiger partial charge in [0.1, 0.15) is 0 Å². The molecule has 0 bridgehead atoms. The van der Waals surface area contributed by atoms with Crippen molar-refractivity contribution in [2.24, 2.45) is 4.99 Å². The molecule has 0 unspecified atom stereocenters. The van der Waals surface area contributed by atoms with Crippen LogP contribution in [0.25, 0.3) is 11.1 Å². The Morgan fingerprint density at radius 1 is 0.944 bits per heavy atom. The van der Waals surface area contributed by atoms with Crippen LogP contribution in [0.5, 0.6) is 0 Å². The van der Waals surface area contributed by atoms with Gasteiger partial charge >= 0.3 is 0 Å². The first kappa shape index (κ1) is 12.8. The number of halogens is 1. The second kappa shape index (κ2) is 5.36. The van der Waals surface area contributed by atoms with Crippen molar-refractivity contribution in [2.45, 2.75) is 13.3 Å². The third kappa shape index (κ3) is 2.32. The summed E-state index contributed by atoms with van der Waals surface area (Å²) in [5.41, 5.74) is 6.51. The number of fused-ring (bicyclic) bond motifs is 1. The van der Waals surface area contributed by atoms with E-state index in [2.05, 4.69) is 60.4 Å². The maximum absolute atomic E-state index is 4.49. The van der Waals surface area contributed by atoms with Gasteiger partial charge in [-0.05, 0) is 35.6 Å². The average Bonchev–Trinajstić information content (AvgIpc) is 2.40. The Hall–Kier alpha value is -1.60. The fourth-order valence-electron chi connectivity index (χ4n) is 2.39. The Morgan fingerprint density at radius 2 is 1.72 bits per heavy atom. The molecule has 0 radical (unpaired) electrons. The minimum absolute atomic E-state index is 0. The van der Waals surface area contributed by atoms with Gasteiger partial charge in [0.2, 0.25) is 0 Å². The Bertz CT molecular complexity index is 573. The molecule has 0 aliphatic carbocycles. The van der Waals surface area contributed by atoms with Gasteiger partial charge in [-0.25, -0.2) is 0 Å². The molecule has 18 heavy (non-hydrogen) atoms. The molecule has 3 rings (SSSR count). The van der Waals surface area contributed by atoms with Gasteiger partial charge in [0.15, 0.2) is 0 Å². The molecule has 2 heteroatoms. The maximum Gasteiger partial charge on any atom is 0.0433 e. The van der Waals surface area contributed by atoms with Gasteiger partial charge < -0.3 is 0 Å². The summed E-state index contributed by atoms with van der Waals surface area (Å²) in [5.74, 6) is 0. The third-order valence-corrected chi connectivity index (χ3v) is 3.33. The van der Waals surface area contributed by atoms with Crippen LogP contribution in [-0.2, 0) is 6.42 Å². The highest BCUT2D eigenvalue weighted by Crippen LogP contribution is 2.24. The smallest absolute Gasteiger partial charge is 0.0433 e. The minimum Gasteiger partial charge on any atom is -0.289 e. The molecule has 0 atom stereocenters. The molecule has 0 fully saturated rings. The first-order chi connectivity index (χ1) is 8.34. The SMILES string of the molecule is CC1=NCCc2cc(-c3ccccc3)ccc21.Cl. The van der Waals surface area contributed by atoms with Gasteiger partial charge in [0.05, 0.1) is 0 Å². The highest BCUT2D eigenvalue weighted by atomic mass is 35.5. The Labute approximate surface area is 114 Å². The maximum atomic E-state index is 4.49. The van der Waals surface area contributed by atoms with Crippen molar-refractivity contribution in [3.63, 3.8) is 0 Å². The van der Waals surface area contributed by atoms with Gasteiger partial charge in [-0.3, -0.25) is 4.99 Å². The van der Waals surface area contributed by atoms with Crippen LogP contribution in [0.1, 0.15) is 18.1 Å². The summed E-state index contributed by atoms with van der Waals surface area (Å²) in [5, 5.41) is 0. The molecule has 1 aliphatic heterocycles. The predicted molar refractivity (Wildman–Crippen MR) is 79.9 cm³/mol. The average molecular weight is 258 g/mol. The molecule has 0 aromatic heterocycles. The lowest BCUT2D eigenvalue weighted by Gasteiger charge is -2.15. The fourth-order valence-corrected chi connectivity index (χ4v) is 2.39. The molecule has 0 amide bonds. The molecule has 2 aromatic rings. The zero-order valence-electron chi connectivity index (χ0n) is 10.4. The molecule has 1 aliphatic rings. The van der Waals surface area contributed by atoms with Crippen LogP contribution in [0.15, 0.2) is 53.5 Å². The zero-order chi connectivity index (χ0) is 11.7. The molecule has 0 spiro atoms. The van der Waals surface area contributed by atoms with Gasteiger partial charge in [-0.2, -0.15) is 0 Å². The molecule has 1 heterocycles. The van der Waals surface area contributed by atoms with E-state index in [4.69, 9.17) is 0 Å². The van der Waals surface area contributed by atoms with Gasteiger partial charge in [-0.1, -0.05) is 48.5 Å². The highest BCUT2D eigenvalue weighted by Gasteiger charge is 2.11. The summed E-state index contributed by atoms with van der Waals surface area (Å²) in [7, 11) is 0. The number of benzene rings is 2. The number of rotatable bonds is 1. The normalized spacial score (nSPS) is 13.3. The van der Waals surface area contributed by atoms with Crippen LogP contribution in [-0.4, -0.2) is 12.3 Å². The van der Waals surface area contributed by atoms with Crippen LogP contribution in [0.3, 0.4) is 0 Å². The van der Waals surface area contributed by atoms with E-state index in [9.17, 15) is 0 Å². The van der Waals surface area contributed by atoms with Crippen molar-refractivity contribution in [3.05, 3.63) is 59.7 Å². The molecule has 1 nitrogen and oxygen atoms in total. The molecular formula is C16H16ClN. The Kier molecular flexibility index (Phi) is 3.83. The summed E-state index contributed by atoms with van der Waals surface area (Å²) >= 11 is 0. The van der Waals surface area contributed by atoms with E-state index in [1.807, 2.05) is 0 Å². The van der Waals surface area contributed by atoms with Crippen LogP contribution in [0.2, 0.25) is 0 Å². The van der Waals surface area contributed by atoms with E-state index in [0.29, 0.717) is 0 Å². The lowest BCUT2D eigenvalue weighted by Crippen LogP contribution is -2.09. The monoisotopic (exact) mass is 257 g/mol. The van der Waals surface area contributed by atoms with Crippen LogP contribution in [0, 0.1) is 0 Å². The highest BCUT2D eigenvalue weighted by molar-refractivity contribution is 6.01. The van der Waals surface area contributed by atoms with Crippen molar-refractivity contribution in [3.8, 4) is 11.1 Å². The number of aliphatic imine (C=N–C) groups is 1.